The Balaban J connectivity index is 1.93. The van der Waals surface area contributed by atoms with Crippen molar-refractivity contribution in [2.24, 2.45) is 5.73 Å². The molecule has 4 heteroatoms. The van der Waals surface area contributed by atoms with Gasteiger partial charge in [0.1, 0.15) is 0 Å². The summed E-state index contributed by atoms with van der Waals surface area (Å²) in [5.41, 5.74) is 9.64. The second-order valence-corrected chi connectivity index (χ2v) is 5.14. The molecule has 0 spiro atoms. The first-order valence-electron chi connectivity index (χ1n) is 6.95. The fourth-order valence-corrected chi connectivity index (χ4v) is 2.03. The molecule has 4 nitrogen and oxygen atoms in total. The van der Waals surface area contributed by atoms with Gasteiger partial charge < -0.3 is 16.0 Å². The summed E-state index contributed by atoms with van der Waals surface area (Å²) in [5, 5.41) is 2.89. The van der Waals surface area contributed by atoms with Gasteiger partial charge in [0, 0.05) is 25.0 Å². The maximum atomic E-state index is 12.0. The average molecular weight is 283 g/mol. The van der Waals surface area contributed by atoms with E-state index in [2.05, 4.69) is 5.32 Å². The molecular formula is C17H21N3O. The van der Waals surface area contributed by atoms with Crippen LogP contribution in [0.5, 0.6) is 0 Å². The Morgan fingerprint density at radius 3 is 2.29 bits per heavy atom. The fourth-order valence-electron chi connectivity index (χ4n) is 2.03. The lowest BCUT2D eigenvalue weighted by Crippen LogP contribution is -2.30. The summed E-state index contributed by atoms with van der Waals surface area (Å²) in [4.78, 5) is 13.9. The Hall–Kier alpha value is -2.33. The van der Waals surface area contributed by atoms with Crippen molar-refractivity contribution in [3.63, 3.8) is 0 Å². The second kappa shape index (κ2) is 6.90. The van der Waals surface area contributed by atoms with Gasteiger partial charge >= 0.3 is 0 Å². The Bertz CT molecular complexity index is 590. The van der Waals surface area contributed by atoms with E-state index in [9.17, 15) is 4.79 Å². The van der Waals surface area contributed by atoms with Crippen molar-refractivity contribution in [3.8, 4) is 0 Å². The van der Waals surface area contributed by atoms with Crippen LogP contribution in [0.3, 0.4) is 0 Å². The summed E-state index contributed by atoms with van der Waals surface area (Å²) < 4.78 is 0. The maximum absolute atomic E-state index is 12.0. The molecule has 3 N–H and O–H groups in total. The van der Waals surface area contributed by atoms with E-state index in [1.54, 1.807) is 0 Å². The van der Waals surface area contributed by atoms with Gasteiger partial charge in [0.15, 0.2) is 0 Å². The van der Waals surface area contributed by atoms with Gasteiger partial charge in [-0.15, -0.1) is 0 Å². The number of carbonyl (C=O) groups excluding carboxylic acids is 1. The monoisotopic (exact) mass is 283 g/mol. The molecule has 0 heterocycles. The first-order valence-corrected chi connectivity index (χ1v) is 6.95. The number of carbonyl (C=O) groups is 1. The Kier molecular flexibility index (Phi) is 4.95. The highest BCUT2D eigenvalue weighted by molar-refractivity contribution is 5.94. The number of nitrogens with two attached hydrogens (primary N) is 1. The van der Waals surface area contributed by atoms with Crippen LogP contribution >= 0.6 is 0 Å². The van der Waals surface area contributed by atoms with Crippen LogP contribution in [-0.2, 0) is 11.3 Å². The first-order chi connectivity index (χ1) is 10.1. The lowest BCUT2D eigenvalue weighted by Gasteiger charge is -2.19. The topological polar surface area (TPSA) is 58.4 Å². The van der Waals surface area contributed by atoms with Gasteiger partial charge in [-0.1, -0.05) is 29.8 Å². The van der Waals surface area contributed by atoms with Crippen LogP contribution in [0.2, 0.25) is 0 Å². The van der Waals surface area contributed by atoms with Crippen molar-refractivity contribution >= 4 is 17.3 Å². The minimum atomic E-state index is -0.0377. The van der Waals surface area contributed by atoms with E-state index in [1.807, 2.05) is 67.4 Å². The van der Waals surface area contributed by atoms with Gasteiger partial charge in [-0.3, -0.25) is 4.79 Å². The first kappa shape index (κ1) is 15.1. The summed E-state index contributed by atoms with van der Waals surface area (Å²) >= 11 is 0. The molecule has 2 aromatic rings. The van der Waals surface area contributed by atoms with Crippen LogP contribution in [0.4, 0.5) is 11.4 Å². The van der Waals surface area contributed by atoms with Crippen molar-refractivity contribution in [1.29, 1.82) is 0 Å². The molecule has 0 saturated heterocycles. The zero-order valence-corrected chi connectivity index (χ0v) is 12.5. The summed E-state index contributed by atoms with van der Waals surface area (Å²) in [5.74, 6) is -0.0377. The molecule has 1 amide bonds. The lowest BCUT2D eigenvalue weighted by atomic mass is 10.2. The van der Waals surface area contributed by atoms with Crippen molar-refractivity contribution < 1.29 is 4.79 Å². The highest BCUT2D eigenvalue weighted by atomic mass is 16.2. The third-order valence-corrected chi connectivity index (χ3v) is 3.33. The molecule has 0 aliphatic rings. The van der Waals surface area contributed by atoms with Crippen LogP contribution in [0.1, 0.15) is 11.1 Å². The molecule has 0 bridgehead atoms. The van der Waals surface area contributed by atoms with E-state index < -0.39 is 0 Å². The number of anilines is 2. The molecule has 0 atom stereocenters. The lowest BCUT2D eigenvalue weighted by molar-refractivity contribution is -0.114. The number of benzene rings is 2. The minimum absolute atomic E-state index is 0.0377. The standard InChI is InChI=1S/C17H21N3O/c1-13-3-7-15(8-4-13)19-17(21)12-20(2)16-9-5-14(11-18)6-10-16/h3-10H,11-12,18H2,1-2H3,(H,19,21). The summed E-state index contributed by atoms with van der Waals surface area (Å²) in [7, 11) is 1.90. The molecule has 0 unspecified atom stereocenters. The zero-order valence-electron chi connectivity index (χ0n) is 12.5. The summed E-state index contributed by atoms with van der Waals surface area (Å²) in [6, 6.07) is 15.7. The minimum Gasteiger partial charge on any atom is -0.365 e. The smallest absolute Gasteiger partial charge is 0.243 e. The number of rotatable bonds is 5. The quantitative estimate of drug-likeness (QED) is 0.886. The van der Waals surface area contributed by atoms with Crippen LogP contribution in [0, 0.1) is 6.92 Å². The molecule has 21 heavy (non-hydrogen) atoms. The second-order valence-electron chi connectivity index (χ2n) is 5.14. The SMILES string of the molecule is Cc1ccc(NC(=O)CN(C)c2ccc(CN)cc2)cc1. The van der Waals surface area contributed by atoms with Crippen molar-refractivity contribution in [2.75, 3.05) is 23.8 Å². The Morgan fingerprint density at radius 2 is 1.71 bits per heavy atom. The van der Waals surface area contributed by atoms with Crippen molar-refractivity contribution in [1.82, 2.24) is 0 Å². The molecule has 0 aromatic heterocycles. The fraction of sp³-hybridized carbons (Fsp3) is 0.235. The third kappa shape index (κ3) is 4.33. The Labute approximate surface area is 125 Å². The van der Waals surface area contributed by atoms with E-state index in [-0.39, 0.29) is 5.91 Å². The van der Waals surface area contributed by atoms with E-state index >= 15 is 0 Å². The predicted molar refractivity (Wildman–Crippen MR) is 87.4 cm³/mol. The molecule has 0 aliphatic heterocycles. The van der Waals surface area contributed by atoms with Gasteiger partial charge in [0.2, 0.25) is 5.91 Å². The van der Waals surface area contributed by atoms with E-state index in [0.717, 1.165) is 16.9 Å². The molecule has 2 rings (SSSR count). The van der Waals surface area contributed by atoms with Crippen molar-refractivity contribution in [2.45, 2.75) is 13.5 Å². The predicted octanol–water partition coefficient (Wildman–Crippen LogP) is 2.53. The normalized spacial score (nSPS) is 10.2. The number of amides is 1. The van der Waals surface area contributed by atoms with Gasteiger partial charge in [0.25, 0.3) is 0 Å². The summed E-state index contributed by atoms with van der Waals surface area (Å²) in [6.07, 6.45) is 0. The van der Waals surface area contributed by atoms with Gasteiger partial charge in [-0.05, 0) is 36.8 Å². The zero-order chi connectivity index (χ0) is 15.2. The molecule has 110 valence electrons. The van der Waals surface area contributed by atoms with Crippen LogP contribution in [-0.4, -0.2) is 19.5 Å². The van der Waals surface area contributed by atoms with Crippen LogP contribution in [0.15, 0.2) is 48.5 Å². The maximum Gasteiger partial charge on any atom is 0.243 e. The number of aryl methyl sites for hydroxylation is 1. The largest absolute Gasteiger partial charge is 0.365 e. The van der Waals surface area contributed by atoms with Crippen LogP contribution in [0.25, 0.3) is 0 Å². The van der Waals surface area contributed by atoms with E-state index in [1.165, 1.54) is 5.56 Å². The van der Waals surface area contributed by atoms with E-state index in [4.69, 9.17) is 5.73 Å². The van der Waals surface area contributed by atoms with Gasteiger partial charge in [0.05, 0.1) is 6.54 Å². The average Bonchev–Trinajstić information content (AvgIpc) is 2.49. The Morgan fingerprint density at radius 1 is 1.10 bits per heavy atom. The highest BCUT2D eigenvalue weighted by Gasteiger charge is 2.07. The molecule has 0 aliphatic carbocycles. The molecule has 0 saturated carbocycles. The number of likely N-dealkylation sites (N-methyl/N-ethyl adjacent to an activating group) is 1. The van der Waals surface area contributed by atoms with Gasteiger partial charge in [-0.2, -0.15) is 0 Å². The number of hydrogen-bond donors (Lipinski definition) is 2. The third-order valence-electron chi connectivity index (χ3n) is 3.33. The number of hydrogen-bond acceptors (Lipinski definition) is 3. The molecule has 0 fully saturated rings. The number of nitrogens with one attached hydrogen (secondary N) is 1. The molecular weight excluding hydrogens is 262 g/mol. The van der Waals surface area contributed by atoms with E-state index in [0.29, 0.717) is 13.1 Å². The molecule has 0 radical (unpaired) electrons. The summed E-state index contributed by atoms with van der Waals surface area (Å²) in [6.45, 7) is 2.85. The highest BCUT2D eigenvalue weighted by Crippen LogP contribution is 2.14. The van der Waals surface area contributed by atoms with Crippen molar-refractivity contribution in [3.05, 3.63) is 59.7 Å². The van der Waals surface area contributed by atoms with Gasteiger partial charge in [-0.25, -0.2) is 0 Å². The number of nitrogens with zero attached hydrogens (tertiary/aromatic N) is 1. The molecule has 2 aromatic carbocycles. The van der Waals surface area contributed by atoms with Crippen LogP contribution < -0.4 is 16.0 Å².